The van der Waals surface area contributed by atoms with Gasteiger partial charge in [-0.1, -0.05) is 110 Å². The number of ether oxygens (including phenoxy) is 1. The molecule has 0 aromatic heterocycles. The van der Waals surface area contributed by atoms with E-state index in [0.29, 0.717) is 29.3 Å². The molecule has 0 amide bonds. The SMILES string of the molecule is CCCC(C#N)(c1cccc([Si](OCC(C)c2cc(Cl)cc(/C=C/C(=O)OCC)c2)(C(C)C)C(C)C)c1)C(C)CC. The molecular formula is C35H50ClNO3Si. The Kier molecular flexibility index (Phi) is 13.4. The molecule has 0 aliphatic carbocycles. The summed E-state index contributed by atoms with van der Waals surface area (Å²) in [4.78, 5) is 11.8. The van der Waals surface area contributed by atoms with E-state index in [9.17, 15) is 10.1 Å². The Morgan fingerprint density at radius 3 is 2.29 bits per heavy atom. The first kappa shape index (κ1) is 34.8. The minimum atomic E-state index is -2.50. The van der Waals surface area contributed by atoms with Crippen LogP contribution in [0.5, 0.6) is 0 Å². The van der Waals surface area contributed by atoms with Gasteiger partial charge in [-0.05, 0) is 70.4 Å². The van der Waals surface area contributed by atoms with Crippen LogP contribution in [0.15, 0.2) is 48.5 Å². The summed E-state index contributed by atoms with van der Waals surface area (Å²) in [5.74, 6) is -0.0212. The molecule has 0 saturated heterocycles. The zero-order valence-electron chi connectivity index (χ0n) is 26.6. The van der Waals surface area contributed by atoms with Crippen LogP contribution in [0.3, 0.4) is 0 Å². The van der Waals surface area contributed by atoms with Crippen LogP contribution >= 0.6 is 11.6 Å². The number of nitriles is 1. The van der Waals surface area contributed by atoms with E-state index in [-0.39, 0.29) is 17.8 Å². The van der Waals surface area contributed by atoms with Crippen molar-refractivity contribution in [2.75, 3.05) is 13.2 Å². The number of rotatable bonds is 15. The Bertz CT molecular complexity index is 1210. The lowest BCUT2D eigenvalue weighted by atomic mass is 9.68. The highest BCUT2D eigenvalue weighted by molar-refractivity contribution is 6.88. The van der Waals surface area contributed by atoms with E-state index in [0.717, 1.165) is 36.0 Å². The van der Waals surface area contributed by atoms with Crippen LogP contribution < -0.4 is 5.19 Å². The summed E-state index contributed by atoms with van der Waals surface area (Å²) in [6, 6.07) is 17.4. The van der Waals surface area contributed by atoms with Crippen LogP contribution in [0.4, 0.5) is 0 Å². The molecule has 0 aliphatic heterocycles. The largest absolute Gasteiger partial charge is 0.463 e. The molecule has 0 saturated carbocycles. The van der Waals surface area contributed by atoms with Gasteiger partial charge in [0.05, 0.1) is 18.1 Å². The standard InChI is InChI=1S/C35H50ClNO3Si/c1-10-18-35(24-37,28(9)11-2)31-14-13-15-33(22-31)41(25(4)5,26(6)7)40-23-27(8)30-19-29(20-32(36)21-30)16-17-34(38)39-12-3/h13-17,19-22,25-28H,10-12,18,23H2,1-9H3/b17-16+. The van der Waals surface area contributed by atoms with Crippen molar-refractivity contribution >= 4 is 37.2 Å². The Labute approximate surface area is 255 Å². The average Bonchev–Trinajstić information content (AvgIpc) is 2.94. The predicted octanol–water partition coefficient (Wildman–Crippen LogP) is 9.32. The minimum absolute atomic E-state index is 0.0920. The van der Waals surface area contributed by atoms with Crippen molar-refractivity contribution in [3.8, 4) is 6.07 Å². The van der Waals surface area contributed by atoms with Crippen molar-refractivity contribution in [1.82, 2.24) is 0 Å². The monoisotopic (exact) mass is 595 g/mol. The molecule has 3 atom stereocenters. The first-order chi connectivity index (χ1) is 19.4. The lowest BCUT2D eigenvalue weighted by Gasteiger charge is -2.41. The van der Waals surface area contributed by atoms with E-state index in [2.05, 4.69) is 91.8 Å². The fourth-order valence-corrected chi connectivity index (χ4v) is 11.2. The number of esters is 1. The first-order valence-electron chi connectivity index (χ1n) is 15.2. The molecule has 0 N–H and O–H groups in total. The van der Waals surface area contributed by atoms with E-state index in [1.165, 1.54) is 11.3 Å². The number of halogens is 1. The predicted molar refractivity (Wildman–Crippen MR) is 175 cm³/mol. The Balaban J connectivity index is 2.49. The van der Waals surface area contributed by atoms with Crippen LogP contribution in [-0.4, -0.2) is 27.5 Å². The fraction of sp³-hybridized carbons (Fsp3) is 0.543. The van der Waals surface area contributed by atoms with Gasteiger partial charge in [-0.2, -0.15) is 5.26 Å². The summed E-state index contributed by atoms with van der Waals surface area (Å²) in [5, 5.41) is 12.4. The molecule has 4 nitrogen and oxygen atoms in total. The van der Waals surface area contributed by atoms with E-state index in [1.54, 1.807) is 13.0 Å². The molecule has 0 aliphatic rings. The number of nitrogens with zero attached hydrogens (tertiary/aromatic N) is 1. The maximum absolute atomic E-state index is 11.8. The van der Waals surface area contributed by atoms with Crippen LogP contribution in [0, 0.1) is 17.2 Å². The maximum Gasteiger partial charge on any atom is 0.330 e. The maximum atomic E-state index is 11.8. The average molecular weight is 596 g/mol. The van der Waals surface area contributed by atoms with E-state index < -0.39 is 13.7 Å². The van der Waals surface area contributed by atoms with E-state index >= 15 is 0 Å². The summed E-state index contributed by atoms with van der Waals surface area (Å²) in [5.41, 5.74) is 3.20. The zero-order valence-corrected chi connectivity index (χ0v) is 28.3. The smallest absolute Gasteiger partial charge is 0.330 e. The van der Waals surface area contributed by atoms with Gasteiger partial charge >= 0.3 is 5.97 Å². The molecule has 2 aromatic rings. The third-order valence-corrected chi connectivity index (χ3v) is 14.1. The summed E-state index contributed by atoms with van der Waals surface area (Å²) < 4.78 is 12.1. The highest BCUT2D eigenvalue weighted by atomic mass is 35.5. The fourth-order valence-electron chi connectivity index (χ4n) is 6.17. The molecular weight excluding hydrogens is 546 g/mol. The van der Waals surface area contributed by atoms with Crippen molar-refractivity contribution < 1.29 is 14.0 Å². The molecule has 0 spiro atoms. The van der Waals surface area contributed by atoms with Crippen molar-refractivity contribution in [1.29, 1.82) is 5.26 Å². The minimum Gasteiger partial charge on any atom is -0.463 e. The number of hydrogen-bond acceptors (Lipinski definition) is 4. The highest BCUT2D eigenvalue weighted by Crippen LogP contribution is 2.40. The van der Waals surface area contributed by atoms with Crippen LogP contribution in [0.2, 0.25) is 16.1 Å². The van der Waals surface area contributed by atoms with Gasteiger partial charge in [0.1, 0.15) is 0 Å². The van der Waals surface area contributed by atoms with Crippen LogP contribution in [-0.2, 0) is 19.4 Å². The Hall–Kier alpha value is -2.39. The van der Waals surface area contributed by atoms with Gasteiger partial charge < -0.3 is 9.16 Å². The quantitative estimate of drug-likeness (QED) is 0.117. The zero-order chi connectivity index (χ0) is 30.8. The van der Waals surface area contributed by atoms with Crippen LogP contribution in [0.1, 0.15) is 104 Å². The molecule has 41 heavy (non-hydrogen) atoms. The third-order valence-electron chi connectivity index (χ3n) is 8.62. The number of carbonyl (C=O) groups is 1. The van der Waals surface area contributed by atoms with Gasteiger partial charge in [0.2, 0.25) is 8.32 Å². The van der Waals surface area contributed by atoms with E-state index in [4.69, 9.17) is 20.8 Å². The Morgan fingerprint density at radius 1 is 1.05 bits per heavy atom. The molecule has 224 valence electrons. The van der Waals surface area contributed by atoms with Crippen molar-refractivity contribution in [3.63, 3.8) is 0 Å². The molecule has 2 rings (SSSR count). The topological polar surface area (TPSA) is 59.3 Å². The second-order valence-corrected chi connectivity index (χ2v) is 17.1. The van der Waals surface area contributed by atoms with Gasteiger partial charge in [-0.25, -0.2) is 4.79 Å². The second kappa shape index (κ2) is 15.7. The van der Waals surface area contributed by atoms with Crippen molar-refractivity contribution in [2.45, 2.75) is 104 Å². The molecule has 3 unspecified atom stereocenters. The number of hydrogen-bond donors (Lipinski definition) is 0. The molecule has 0 radical (unpaired) electrons. The molecule has 0 bridgehead atoms. The second-order valence-electron chi connectivity index (χ2n) is 11.9. The van der Waals surface area contributed by atoms with Crippen LogP contribution in [0.25, 0.3) is 6.08 Å². The van der Waals surface area contributed by atoms with Gasteiger partial charge in [-0.3, -0.25) is 0 Å². The molecule has 2 aromatic carbocycles. The lowest BCUT2D eigenvalue weighted by Crippen LogP contribution is -2.56. The van der Waals surface area contributed by atoms with E-state index in [1.807, 2.05) is 12.1 Å². The lowest BCUT2D eigenvalue weighted by molar-refractivity contribution is -0.137. The summed E-state index contributed by atoms with van der Waals surface area (Å²) in [7, 11) is -2.50. The van der Waals surface area contributed by atoms with Crippen molar-refractivity contribution in [2.24, 2.45) is 5.92 Å². The highest BCUT2D eigenvalue weighted by Gasteiger charge is 2.46. The third kappa shape index (κ3) is 8.12. The molecule has 0 heterocycles. The van der Waals surface area contributed by atoms with Gasteiger partial charge in [0, 0.05) is 23.6 Å². The summed E-state index contributed by atoms with van der Waals surface area (Å²) in [6.45, 7) is 20.5. The normalized spacial score (nSPS) is 15.1. The van der Waals surface area contributed by atoms with Crippen molar-refractivity contribution in [3.05, 3.63) is 70.3 Å². The van der Waals surface area contributed by atoms with Gasteiger partial charge in [0.15, 0.2) is 0 Å². The molecule has 6 heteroatoms. The molecule has 0 fully saturated rings. The number of benzene rings is 2. The van der Waals surface area contributed by atoms with Gasteiger partial charge in [-0.15, -0.1) is 0 Å². The van der Waals surface area contributed by atoms with Gasteiger partial charge in [0.25, 0.3) is 0 Å². The number of carbonyl (C=O) groups excluding carboxylic acids is 1. The summed E-state index contributed by atoms with van der Waals surface area (Å²) in [6.07, 6.45) is 5.94. The first-order valence-corrected chi connectivity index (χ1v) is 17.7. The summed E-state index contributed by atoms with van der Waals surface area (Å²) >= 11 is 6.49. The Morgan fingerprint density at radius 2 is 1.73 bits per heavy atom.